The lowest BCUT2D eigenvalue weighted by molar-refractivity contribution is 0.145. The van der Waals surface area contributed by atoms with E-state index in [2.05, 4.69) is 42.4 Å². The summed E-state index contributed by atoms with van der Waals surface area (Å²) in [6.45, 7) is 15.5. The van der Waals surface area contributed by atoms with Crippen LogP contribution in [0.5, 0.6) is 0 Å². The Labute approximate surface area is 128 Å². The third kappa shape index (κ3) is 6.40. The monoisotopic (exact) mass is 295 g/mol. The quantitative estimate of drug-likeness (QED) is 0.559. The second kappa shape index (κ2) is 8.29. The molecule has 1 aliphatic rings. The molecule has 1 aliphatic heterocycles. The average molecular weight is 295 g/mol. The minimum absolute atomic E-state index is 0.0597. The molecule has 0 unspecified atom stereocenters. The van der Waals surface area contributed by atoms with Crippen molar-refractivity contribution in [1.29, 1.82) is 0 Å². The first-order valence-corrected chi connectivity index (χ1v) is 7.46. The summed E-state index contributed by atoms with van der Waals surface area (Å²) in [4.78, 5) is 10.8. The third-order valence-corrected chi connectivity index (χ3v) is 3.49. The first-order valence-electron chi connectivity index (χ1n) is 7.46. The Bertz CT molecular complexity index is 397. The standard InChI is InChI=1S/C16H29N3O2/c1-13(18-11-15(17-5)16(2,3)4)21-14-7-8-19(12-14)9-10-20-6/h11,14H,5,7-10,12H2,1-4,6H3/b15-11-,18-13+/t14-/m1/s1. The number of hydrogen-bond donors (Lipinski definition) is 0. The van der Waals surface area contributed by atoms with Crippen LogP contribution in [-0.2, 0) is 9.47 Å². The van der Waals surface area contributed by atoms with Crippen LogP contribution in [0.3, 0.4) is 0 Å². The molecule has 0 bridgehead atoms. The highest BCUT2D eigenvalue weighted by atomic mass is 16.5. The number of likely N-dealkylation sites (tertiary alicyclic amines) is 1. The van der Waals surface area contributed by atoms with Crippen LogP contribution in [0, 0.1) is 5.41 Å². The van der Waals surface area contributed by atoms with Crippen LogP contribution in [0.25, 0.3) is 0 Å². The van der Waals surface area contributed by atoms with Gasteiger partial charge in [0.2, 0.25) is 0 Å². The molecule has 21 heavy (non-hydrogen) atoms. The molecule has 1 heterocycles. The Balaban J connectivity index is 2.50. The highest BCUT2D eigenvalue weighted by Crippen LogP contribution is 2.25. The summed E-state index contributed by atoms with van der Waals surface area (Å²) in [5.74, 6) is 0.680. The van der Waals surface area contributed by atoms with Crippen molar-refractivity contribution < 1.29 is 9.47 Å². The van der Waals surface area contributed by atoms with E-state index in [1.165, 1.54) is 0 Å². The number of methoxy groups -OCH3 is 1. The Morgan fingerprint density at radius 1 is 1.43 bits per heavy atom. The van der Waals surface area contributed by atoms with Gasteiger partial charge in [0.25, 0.3) is 0 Å². The Hall–Kier alpha value is -1.20. The summed E-state index contributed by atoms with van der Waals surface area (Å²) in [7, 11) is 1.73. The maximum absolute atomic E-state index is 5.89. The van der Waals surface area contributed by atoms with E-state index in [0.717, 1.165) is 38.4 Å². The van der Waals surface area contributed by atoms with Crippen LogP contribution in [0.1, 0.15) is 34.1 Å². The zero-order valence-electron chi connectivity index (χ0n) is 14.1. The fourth-order valence-corrected chi connectivity index (χ4v) is 2.21. The predicted octanol–water partition coefficient (Wildman–Crippen LogP) is 2.73. The van der Waals surface area contributed by atoms with Gasteiger partial charge in [0, 0.05) is 39.1 Å². The lowest BCUT2D eigenvalue weighted by Gasteiger charge is -2.18. The molecule has 0 spiro atoms. The molecule has 5 nitrogen and oxygen atoms in total. The fraction of sp³-hybridized carbons (Fsp3) is 0.750. The van der Waals surface area contributed by atoms with Gasteiger partial charge in [0.05, 0.1) is 18.5 Å². The van der Waals surface area contributed by atoms with Crippen molar-refractivity contribution in [2.75, 3.05) is 33.4 Å². The van der Waals surface area contributed by atoms with E-state index in [0.29, 0.717) is 5.90 Å². The molecule has 1 fully saturated rings. The molecule has 1 saturated heterocycles. The second-order valence-corrected chi connectivity index (χ2v) is 6.39. The van der Waals surface area contributed by atoms with Gasteiger partial charge in [0.1, 0.15) is 6.10 Å². The molecule has 0 aromatic carbocycles. The SMILES string of the molecule is C=N/C(=C\N=C(/C)O[C@@H]1CCN(CCOC)C1)C(C)(C)C. The fourth-order valence-electron chi connectivity index (χ4n) is 2.21. The molecule has 1 rings (SSSR count). The van der Waals surface area contributed by atoms with Crippen molar-refractivity contribution in [1.82, 2.24) is 4.90 Å². The number of aliphatic imine (C=N–C) groups is 2. The zero-order chi connectivity index (χ0) is 15.9. The molecule has 0 saturated carbocycles. The lowest BCUT2D eigenvalue weighted by Crippen LogP contribution is -2.27. The van der Waals surface area contributed by atoms with Gasteiger partial charge in [-0.1, -0.05) is 20.8 Å². The molecule has 0 amide bonds. The first kappa shape index (κ1) is 17.9. The third-order valence-electron chi connectivity index (χ3n) is 3.49. The van der Waals surface area contributed by atoms with Crippen LogP contribution < -0.4 is 0 Å². The minimum atomic E-state index is -0.0597. The second-order valence-electron chi connectivity index (χ2n) is 6.39. The first-order chi connectivity index (χ1) is 9.86. The van der Waals surface area contributed by atoms with E-state index in [1.807, 2.05) is 6.92 Å². The Morgan fingerprint density at radius 2 is 2.14 bits per heavy atom. The van der Waals surface area contributed by atoms with Crippen molar-refractivity contribution in [3.05, 3.63) is 11.9 Å². The van der Waals surface area contributed by atoms with Crippen molar-refractivity contribution in [3.8, 4) is 0 Å². The molecular weight excluding hydrogens is 266 g/mol. The summed E-state index contributed by atoms with van der Waals surface area (Å²) in [6.07, 6.45) is 3.00. The van der Waals surface area contributed by atoms with Gasteiger partial charge in [-0.2, -0.15) is 0 Å². The average Bonchev–Trinajstić information content (AvgIpc) is 2.83. The molecule has 0 aliphatic carbocycles. The number of hydrogen-bond acceptors (Lipinski definition) is 5. The van der Waals surface area contributed by atoms with Gasteiger partial charge in [-0.15, -0.1) is 0 Å². The highest BCUT2D eigenvalue weighted by Gasteiger charge is 2.23. The number of ether oxygens (including phenoxy) is 2. The smallest absolute Gasteiger partial charge is 0.184 e. The summed E-state index contributed by atoms with van der Waals surface area (Å²) >= 11 is 0. The van der Waals surface area contributed by atoms with Crippen LogP contribution in [0.2, 0.25) is 0 Å². The molecule has 1 atom stereocenters. The summed E-state index contributed by atoms with van der Waals surface area (Å²) in [5, 5.41) is 0. The van der Waals surface area contributed by atoms with Crippen LogP contribution in [0.4, 0.5) is 0 Å². The van der Waals surface area contributed by atoms with E-state index < -0.39 is 0 Å². The van der Waals surface area contributed by atoms with Crippen molar-refractivity contribution in [3.63, 3.8) is 0 Å². The number of allylic oxidation sites excluding steroid dienone is 1. The van der Waals surface area contributed by atoms with Gasteiger partial charge in [-0.25, -0.2) is 4.99 Å². The molecule has 0 aromatic heterocycles. The normalized spacial score (nSPS) is 21.7. The number of rotatable bonds is 6. The lowest BCUT2D eigenvalue weighted by atomic mass is 9.93. The predicted molar refractivity (Wildman–Crippen MR) is 88.0 cm³/mol. The minimum Gasteiger partial charge on any atom is -0.476 e. The van der Waals surface area contributed by atoms with E-state index in [-0.39, 0.29) is 11.5 Å². The summed E-state index contributed by atoms with van der Waals surface area (Å²) in [5.41, 5.74) is 0.800. The van der Waals surface area contributed by atoms with Gasteiger partial charge in [0.15, 0.2) is 5.90 Å². The topological polar surface area (TPSA) is 46.4 Å². The van der Waals surface area contributed by atoms with Gasteiger partial charge in [-0.05, 0) is 13.1 Å². The van der Waals surface area contributed by atoms with Gasteiger partial charge in [-0.3, -0.25) is 9.89 Å². The Morgan fingerprint density at radius 3 is 2.71 bits per heavy atom. The van der Waals surface area contributed by atoms with Crippen molar-refractivity contribution in [2.24, 2.45) is 15.4 Å². The van der Waals surface area contributed by atoms with Crippen molar-refractivity contribution >= 4 is 12.6 Å². The van der Waals surface area contributed by atoms with Crippen LogP contribution in [0.15, 0.2) is 21.9 Å². The molecule has 120 valence electrons. The number of nitrogens with zero attached hydrogens (tertiary/aromatic N) is 3. The summed E-state index contributed by atoms with van der Waals surface area (Å²) < 4.78 is 11.0. The highest BCUT2D eigenvalue weighted by molar-refractivity contribution is 5.74. The maximum Gasteiger partial charge on any atom is 0.184 e. The van der Waals surface area contributed by atoms with E-state index in [4.69, 9.17) is 9.47 Å². The molecular formula is C16H29N3O2. The van der Waals surface area contributed by atoms with Crippen LogP contribution in [-0.4, -0.2) is 57.0 Å². The summed E-state index contributed by atoms with van der Waals surface area (Å²) in [6, 6.07) is 0. The Kier molecular flexibility index (Phi) is 7.05. The van der Waals surface area contributed by atoms with E-state index >= 15 is 0 Å². The van der Waals surface area contributed by atoms with E-state index in [1.54, 1.807) is 13.3 Å². The zero-order valence-corrected chi connectivity index (χ0v) is 14.1. The van der Waals surface area contributed by atoms with Gasteiger partial charge >= 0.3 is 0 Å². The van der Waals surface area contributed by atoms with Gasteiger partial charge < -0.3 is 9.47 Å². The molecule has 5 heteroatoms. The molecule has 0 N–H and O–H groups in total. The maximum atomic E-state index is 5.89. The van der Waals surface area contributed by atoms with Crippen LogP contribution >= 0.6 is 0 Å². The van der Waals surface area contributed by atoms with E-state index in [9.17, 15) is 0 Å². The molecule has 0 aromatic rings. The van der Waals surface area contributed by atoms with Crippen molar-refractivity contribution in [2.45, 2.75) is 40.2 Å². The molecule has 0 radical (unpaired) electrons. The largest absolute Gasteiger partial charge is 0.476 e.